The van der Waals surface area contributed by atoms with Gasteiger partial charge in [0.15, 0.2) is 0 Å². The average molecular weight is 602 g/mol. The highest BCUT2D eigenvalue weighted by Crippen LogP contribution is 2.41. The van der Waals surface area contributed by atoms with Gasteiger partial charge in [-0.2, -0.15) is 0 Å². The van der Waals surface area contributed by atoms with Crippen LogP contribution in [0.4, 0.5) is 0 Å². The van der Waals surface area contributed by atoms with Gasteiger partial charge in [-0.15, -0.1) is 0 Å². The van der Waals surface area contributed by atoms with Crippen LogP contribution in [0.1, 0.15) is 0 Å². The molecular weight excluding hydrogens is 574 g/mol. The van der Waals surface area contributed by atoms with Crippen molar-refractivity contribution in [3.05, 3.63) is 164 Å². The molecule has 0 N–H and O–H groups in total. The number of benzene rings is 6. The van der Waals surface area contributed by atoms with E-state index in [1.54, 1.807) is 0 Å². The molecule has 5 heteroatoms. The molecule has 0 aliphatic heterocycles. The van der Waals surface area contributed by atoms with Crippen molar-refractivity contribution in [2.45, 2.75) is 0 Å². The molecule has 0 unspecified atom stereocenters. The summed E-state index contributed by atoms with van der Waals surface area (Å²) in [4.78, 5) is 10.8. The van der Waals surface area contributed by atoms with Crippen molar-refractivity contribution in [2.75, 3.05) is 0 Å². The summed E-state index contributed by atoms with van der Waals surface area (Å²) in [6.07, 6.45) is 2.11. The highest BCUT2D eigenvalue weighted by molar-refractivity contribution is 6.15. The maximum Gasteiger partial charge on any atom is 0.235 e. The first kappa shape index (κ1) is 25.8. The van der Waals surface area contributed by atoms with Crippen LogP contribution in [0.25, 0.3) is 83.2 Å². The molecule has 0 radical (unpaired) electrons. The standard InChI is InChI=1S/C42H27N5/c1-3-14-28(15-4-1)45-27-26-35-41(45)39(44-42(43-35)47-37-24-11-7-18-30(37)31-19-8-12-25-38(31)47)34-22-13-21-33-32-20-9-10-23-36(32)46(40(33)34)29-16-5-2-6-17-29/h1-27H. The molecule has 0 saturated carbocycles. The minimum absolute atomic E-state index is 0.648. The summed E-state index contributed by atoms with van der Waals surface area (Å²) in [6.45, 7) is 0. The van der Waals surface area contributed by atoms with Crippen LogP contribution >= 0.6 is 0 Å². The number of fused-ring (bicyclic) bond motifs is 7. The Morgan fingerprint density at radius 2 is 0.915 bits per heavy atom. The summed E-state index contributed by atoms with van der Waals surface area (Å²) in [6, 6.07) is 55.5. The van der Waals surface area contributed by atoms with Crippen molar-refractivity contribution in [3.63, 3.8) is 0 Å². The summed E-state index contributed by atoms with van der Waals surface area (Å²) in [7, 11) is 0. The third kappa shape index (κ3) is 3.77. The SMILES string of the molecule is c1ccc(-n2ccc3nc(-n4c5ccccc5c5ccccc54)nc(-c4cccc5c6ccccc6n(-c6ccccc6)c45)c32)cc1. The topological polar surface area (TPSA) is 40.6 Å². The number of hydrogen-bond acceptors (Lipinski definition) is 2. The quantitative estimate of drug-likeness (QED) is 0.201. The van der Waals surface area contributed by atoms with E-state index >= 15 is 0 Å². The molecule has 10 rings (SSSR count). The first-order valence-corrected chi connectivity index (χ1v) is 15.9. The Hall–Kier alpha value is -6.46. The molecule has 47 heavy (non-hydrogen) atoms. The van der Waals surface area contributed by atoms with Crippen LogP contribution in [0.15, 0.2) is 164 Å². The summed E-state index contributed by atoms with van der Waals surface area (Å²) in [5, 5.41) is 4.76. The molecule has 10 aromatic rings. The molecule has 0 amide bonds. The fourth-order valence-electron chi connectivity index (χ4n) is 7.32. The van der Waals surface area contributed by atoms with E-state index in [1.807, 2.05) is 6.07 Å². The molecule has 5 nitrogen and oxygen atoms in total. The van der Waals surface area contributed by atoms with Crippen LogP contribution in [-0.2, 0) is 0 Å². The Morgan fingerprint density at radius 3 is 1.57 bits per heavy atom. The van der Waals surface area contributed by atoms with E-state index in [-0.39, 0.29) is 0 Å². The molecule has 6 aromatic carbocycles. The number of nitrogens with zero attached hydrogens (tertiary/aromatic N) is 5. The Kier molecular flexibility index (Phi) is 5.51. The summed E-state index contributed by atoms with van der Waals surface area (Å²) in [5.41, 5.74) is 10.4. The zero-order valence-electron chi connectivity index (χ0n) is 25.3. The van der Waals surface area contributed by atoms with Crippen LogP contribution < -0.4 is 0 Å². The van der Waals surface area contributed by atoms with Crippen LogP contribution in [0.5, 0.6) is 0 Å². The van der Waals surface area contributed by atoms with Crippen LogP contribution in [0.2, 0.25) is 0 Å². The second-order valence-corrected chi connectivity index (χ2v) is 11.9. The third-order valence-electron chi connectivity index (χ3n) is 9.30. The number of para-hydroxylation sites is 6. The van der Waals surface area contributed by atoms with Crippen molar-refractivity contribution in [1.82, 2.24) is 23.7 Å². The van der Waals surface area contributed by atoms with Crippen molar-refractivity contribution < 1.29 is 0 Å². The maximum absolute atomic E-state index is 5.55. The van der Waals surface area contributed by atoms with Gasteiger partial charge in [-0.3, -0.25) is 4.57 Å². The van der Waals surface area contributed by atoms with Gasteiger partial charge in [0.2, 0.25) is 5.95 Å². The van der Waals surface area contributed by atoms with Crippen molar-refractivity contribution in [1.29, 1.82) is 0 Å². The predicted octanol–water partition coefficient (Wildman–Crippen LogP) is 10.3. The zero-order chi connectivity index (χ0) is 30.9. The van der Waals surface area contributed by atoms with Gasteiger partial charge < -0.3 is 9.13 Å². The molecule has 0 aliphatic carbocycles. The van der Waals surface area contributed by atoms with E-state index in [0.717, 1.165) is 55.7 Å². The minimum atomic E-state index is 0.648. The smallest absolute Gasteiger partial charge is 0.235 e. The van der Waals surface area contributed by atoms with E-state index in [4.69, 9.17) is 9.97 Å². The molecule has 0 spiro atoms. The largest absolute Gasteiger partial charge is 0.313 e. The monoisotopic (exact) mass is 601 g/mol. The van der Waals surface area contributed by atoms with Gasteiger partial charge in [-0.25, -0.2) is 9.97 Å². The van der Waals surface area contributed by atoms with E-state index in [2.05, 4.69) is 172 Å². The first-order valence-electron chi connectivity index (χ1n) is 15.9. The summed E-state index contributed by atoms with van der Waals surface area (Å²) < 4.78 is 6.80. The minimum Gasteiger partial charge on any atom is -0.313 e. The lowest BCUT2D eigenvalue weighted by Crippen LogP contribution is -2.05. The number of hydrogen-bond donors (Lipinski definition) is 0. The van der Waals surface area contributed by atoms with Gasteiger partial charge in [-0.1, -0.05) is 109 Å². The summed E-state index contributed by atoms with van der Waals surface area (Å²) in [5.74, 6) is 0.648. The lowest BCUT2D eigenvalue weighted by atomic mass is 10.0. The van der Waals surface area contributed by atoms with Gasteiger partial charge in [0, 0.05) is 44.7 Å². The van der Waals surface area contributed by atoms with Crippen molar-refractivity contribution in [3.8, 4) is 28.6 Å². The van der Waals surface area contributed by atoms with Gasteiger partial charge in [0.25, 0.3) is 0 Å². The van der Waals surface area contributed by atoms with Gasteiger partial charge >= 0.3 is 0 Å². The first-order chi connectivity index (χ1) is 23.3. The molecule has 220 valence electrons. The molecule has 4 heterocycles. The van der Waals surface area contributed by atoms with E-state index < -0.39 is 0 Å². The van der Waals surface area contributed by atoms with Gasteiger partial charge in [-0.05, 0) is 48.5 Å². The molecule has 4 aromatic heterocycles. The molecular formula is C42H27N5. The highest BCUT2D eigenvalue weighted by Gasteiger charge is 2.23. The fourth-order valence-corrected chi connectivity index (χ4v) is 7.32. The van der Waals surface area contributed by atoms with Crippen LogP contribution in [-0.4, -0.2) is 23.7 Å². The summed E-state index contributed by atoms with van der Waals surface area (Å²) >= 11 is 0. The lowest BCUT2D eigenvalue weighted by Gasteiger charge is -2.15. The normalized spacial score (nSPS) is 11.8. The molecule has 0 fully saturated rings. The second kappa shape index (κ2) is 10.0. The van der Waals surface area contributed by atoms with E-state index in [1.165, 1.54) is 21.5 Å². The predicted molar refractivity (Wildman–Crippen MR) is 193 cm³/mol. The highest BCUT2D eigenvalue weighted by atomic mass is 15.2. The Morgan fingerprint density at radius 1 is 0.383 bits per heavy atom. The van der Waals surface area contributed by atoms with E-state index in [9.17, 15) is 0 Å². The number of aromatic nitrogens is 5. The zero-order valence-corrected chi connectivity index (χ0v) is 25.3. The second-order valence-electron chi connectivity index (χ2n) is 11.9. The van der Waals surface area contributed by atoms with Crippen LogP contribution in [0.3, 0.4) is 0 Å². The van der Waals surface area contributed by atoms with Crippen molar-refractivity contribution >= 4 is 54.6 Å². The number of rotatable bonds is 4. The molecule has 0 bridgehead atoms. The Balaban J connectivity index is 1.38. The third-order valence-corrected chi connectivity index (χ3v) is 9.30. The molecule has 0 atom stereocenters. The fraction of sp³-hybridized carbons (Fsp3) is 0. The maximum atomic E-state index is 5.55. The molecule has 0 saturated heterocycles. The average Bonchev–Trinajstić information content (AvgIpc) is 3.82. The van der Waals surface area contributed by atoms with Gasteiger partial charge in [0.05, 0.1) is 33.1 Å². The Labute approximate surface area is 270 Å². The van der Waals surface area contributed by atoms with Crippen LogP contribution in [0, 0.1) is 0 Å². The lowest BCUT2D eigenvalue weighted by molar-refractivity contribution is 1.01. The van der Waals surface area contributed by atoms with E-state index in [0.29, 0.717) is 5.95 Å². The molecule has 0 aliphatic rings. The van der Waals surface area contributed by atoms with Gasteiger partial charge in [0.1, 0.15) is 5.69 Å². The van der Waals surface area contributed by atoms with Crippen molar-refractivity contribution in [2.24, 2.45) is 0 Å². The Bertz CT molecular complexity index is 2730.